The van der Waals surface area contributed by atoms with Crippen LogP contribution in [0.5, 0.6) is 0 Å². The fourth-order valence-electron chi connectivity index (χ4n) is 1.38. The summed E-state index contributed by atoms with van der Waals surface area (Å²) in [5.41, 5.74) is 8.51. The number of ether oxygens (including phenoxy) is 1. The van der Waals surface area contributed by atoms with Crippen molar-refractivity contribution < 1.29 is 19.2 Å². The molecule has 20 heavy (non-hydrogen) atoms. The van der Waals surface area contributed by atoms with Crippen molar-refractivity contribution in [2.45, 2.75) is 39.2 Å². The highest BCUT2D eigenvalue weighted by molar-refractivity contribution is 5.73. The third-order valence-electron chi connectivity index (χ3n) is 2.24. The van der Waals surface area contributed by atoms with Gasteiger partial charge in [0.15, 0.2) is 0 Å². The second kappa shape index (κ2) is 6.79. The zero-order chi connectivity index (χ0) is 15.2. The van der Waals surface area contributed by atoms with Gasteiger partial charge >= 0.3 is 12.1 Å². The van der Waals surface area contributed by atoms with E-state index in [2.05, 4.69) is 4.84 Å². The van der Waals surface area contributed by atoms with Gasteiger partial charge in [-0.05, 0) is 44.9 Å². The predicted octanol–water partition coefficient (Wildman–Crippen LogP) is 2.18. The van der Waals surface area contributed by atoms with Crippen molar-refractivity contribution in [1.82, 2.24) is 5.48 Å². The van der Waals surface area contributed by atoms with Crippen LogP contribution in [0.2, 0.25) is 0 Å². The van der Waals surface area contributed by atoms with E-state index in [1.807, 2.05) is 17.6 Å². The smallest absolute Gasteiger partial charge is 0.441 e. The Morgan fingerprint density at radius 3 is 2.35 bits per heavy atom. The van der Waals surface area contributed by atoms with Gasteiger partial charge in [-0.25, -0.2) is 9.59 Å². The molecule has 0 aliphatic heterocycles. The van der Waals surface area contributed by atoms with Crippen molar-refractivity contribution in [3.63, 3.8) is 0 Å². The zero-order valence-electron chi connectivity index (χ0n) is 11.9. The summed E-state index contributed by atoms with van der Waals surface area (Å²) in [7, 11) is 0. The van der Waals surface area contributed by atoms with Gasteiger partial charge in [0.25, 0.3) is 0 Å². The largest absolute Gasteiger partial charge is 0.442 e. The molecular formula is C14H20N2O4. The van der Waals surface area contributed by atoms with Crippen LogP contribution in [0.1, 0.15) is 32.8 Å². The van der Waals surface area contributed by atoms with E-state index in [0.29, 0.717) is 12.1 Å². The highest BCUT2D eigenvalue weighted by atomic mass is 16.7. The Hall–Kier alpha value is -2.24. The van der Waals surface area contributed by atoms with Crippen LogP contribution >= 0.6 is 0 Å². The van der Waals surface area contributed by atoms with Gasteiger partial charge in [0.1, 0.15) is 5.60 Å². The first-order valence-corrected chi connectivity index (χ1v) is 6.29. The Bertz CT molecular complexity index is 463. The molecule has 0 aromatic heterocycles. The van der Waals surface area contributed by atoms with E-state index in [9.17, 15) is 9.59 Å². The minimum absolute atomic E-state index is 0.152. The van der Waals surface area contributed by atoms with Crippen LogP contribution in [-0.4, -0.2) is 17.7 Å². The van der Waals surface area contributed by atoms with Crippen molar-refractivity contribution >= 4 is 17.7 Å². The molecule has 110 valence electrons. The maximum atomic E-state index is 11.4. The normalized spacial score (nSPS) is 10.8. The molecule has 0 fully saturated rings. The number of aryl methyl sites for hydroxylation is 1. The lowest BCUT2D eigenvalue weighted by atomic mass is 10.1. The molecule has 0 atom stereocenters. The number of carbonyl (C=O) groups is 2. The van der Waals surface area contributed by atoms with Crippen molar-refractivity contribution in [2.24, 2.45) is 0 Å². The first-order valence-electron chi connectivity index (χ1n) is 6.29. The molecule has 0 spiro atoms. The summed E-state index contributed by atoms with van der Waals surface area (Å²) < 4.78 is 4.92. The summed E-state index contributed by atoms with van der Waals surface area (Å²) in [5.74, 6) is -0.535. The number of rotatable bonds is 3. The van der Waals surface area contributed by atoms with Gasteiger partial charge in [-0.2, -0.15) is 0 Å². The van der Waals surface area contributed by atoms with Crippen LogP contribution < -0.4 is 11.2 Å². The molecule has 0 bridgehead atoms. The maximum Gasteiger partial charge on any atom is 0.441 e. The van der Waals surface area contributed by atoms with Crippen LogP contribution in [0, 0.1) is 0 Å². The topological polar surface area (TPSA) is 90.6 Å². The number of carbonyl (C=O) groups excluding carboxylic acids is 2. The third kappa shape index (κ3) is 6.63. The van der Waals surface area contributed by atoms with Crippen LogP contribution in [-0.2, 0) is 20.8 Å². The fourth-order valence-corrected chi connectivity index (χ4v) is 1.38. The molecule has 1 rings (SSSR count). The number of anilines is 1. The molecule has 0 saturated carbocycles. The van der Waals surface area contributed by atoms with Crippen molar-refractivity contribution in [1.29, 1.82) is 0 Å². The minimum Gasteiger partial charge on any atom is -0.442 e. The third-order valence-corrected chi connectivity index (χ3v) is 2.24. The van der Waals surface area contributed by atoms with Crippen molar-refractivity contribution in [3.8, 4) is 0 Å². The Kier molecular flexibility index (Phi) is 5.37. The Labute approximate surface area is 118 Å². The number of nitrogen functional groups attached to an aromatic ring is 1. The predicted molar refractivity (Wildman–Crippen MR) is 74.6 cm³/mol. The molecule has 1 aromatic carbocycles. The van der Waals surface area contributed by atoms with Gasteiger partial charge in [-0.3, -0.25) is 0 Å². The van der Waals surface area contributed by atoms with E-state index in [4.69, 9.17) is 10.5 Å². The molecule has 6 heteroatoms. The number of benzene rings is 1. The van der Waals surface area contributed by atoms with Gasteiger partial charge in [0, 0.05) is 5.69 Å². The van der Waals surface area contributed by atoms with E-state index in [0.717, 1.165) is 5.56 Å². The van der Waals surface area contributed by atoms with Crippen molar-refractivity contribution in [3.05, 3.63) is 29.8 Å². The highest BCUT2D eigenvalue weighted by Gasteiger charge is 2.17. The van der Waals surface area contributed by atoms with E-state index in [-0.39, 0.29) is 6.42 Å². The number of hydrogen-bond donors (Lipinski definition) is 2. The Morgan fingerprint density at radius 2 is 1.80 bits per heavy atom. The lowest BCUT2D eigenvalue weighted by molar-refractivity contribution is -0.150. The van der Waals surface area contributed by atoms with Crippen molar-refractivity contribution in [2.75, 3.05) is 5.73 Å². The summed E-state index contributed by atoms with van der Waals surface area (Å²) in [6, 6.07) is 7.20. The van der Waals surface area contributed by atoms with E-state index < -0.39 is 17.7 Å². The second-order valence-electron chi connectivity index (χ2n) is 5.32. The molecule has 0 saturated heterocycles. The molecule has 3 N–H and O–H groups in total. The molecule has 1 aromatic rings. The molecule has 0 aliphatic carbocycles. The van der Waals surface area contributed by atoms with E-state index in [1.165, 1.54) is 0 Å². The molecule has 6 nitrogen and oxygen atoms in total. The van der Waals surface area contributed by atoms with Crippen LogP contribution in [0.25, 0.3) is 0 Å². The first kappa shape index (κ1) is 15.8. The minimum atomic E-state index is -0.793. The number of hydroxylamine groups is 1. The SMILES string of the molecule is CC(C)(C)OC(=O)NOC(=O)CCc1ccc(N)cc1. The Morgan fingerprint density at radius 1 is 1.20 bits per heavy atom. The highest BCUT2D eigenvalue weighted by Crippen LogP contribution is 2.08. The number of nitrogens with two attached hydrogens (primary N) is 1. The number of nitrogens with one attached hydrogen (secondary N) is 1. The molecular weight excluding hydrogens is 260 g/mol. The van der Waals surface area contributed by atoms with Gasteiger partial charge in [-0.1, -0.05) is 12.1 Å². The summed E-state index contributed by atoms with van der Waals surface area (Å²) in [6.07, 6.45) is -0.132. The second-order valence-corrected chi connectivity index (χ2v) is 5.32. The Balaban J connectivity index is 2.27. The van der Waals surface area contributed by atoms with Gasteiger partial charge in [0.2, 0.25) is 0 Å². The number of amides is 1. The van der Waals surface area contributed by atoms with Gasteiger partial charge in [-0.15, -0.1) is 5.48 Å². The average Bonchev–Trinajstić information content (AvgIpc) is 2.33. The lowest BCUT2D eigenvalue weighted by Crippen LogP contribution is -2.34. The standard InChI is InChI=1S/C14H20N2O4/c1-14(2,3)19-13(18)16-20-12(17)9-6-10-4-7-11(15)8-5-10/h4-5,7-8H,6,9,15H2,1-3H3,(H,16,18). The quantitative estimate of drug-likeness (QED) is 0.654. The fraction of sp³-hybridized carbons (Fsp3) is 0.429. The summed E-state index contributed by atoms with van der Waals surface area (Å²) in [4.78, 5) is 27.3. The molecule has 1 amide bonds. The number of hydrogen-bond acceptors (Lipinski definition) is 5. The van der Waals surface area contributed by atoms with Gasteiger partial charge in [0.05, 0.1) is 6.42 Å². The molecule has 0 radical (unpaired) electrons. The van der Waals surface area contributed by atoms with Crippen LogP contribution in [0.4, 0.5) is 10.5 Å². The molecule has 0 aliphatic rings. The zero-order valence-corrected chi connectivity index (χ0v) is 11.9. The van der Waals surface area contributed by atoms with Gasteiger partial charge < -0.3 is 15.3 Å². The summed E-state index contributed by atoms with van der Waals surface area (Å²) in [6.45, 7) is 5.15. The summed E-state index contributed by atoms with van der Waals surface area (Å²) in [5, 5.41) is 0. The molecule has 0 heterocycles. The summed E-state index contributed by atoms with van der Waals surface area (Å²) >= 11 is 0. The van der Waals surface area contributed by atoms with Crippen LogP contribution in [0.15, 0.2) is 24.3 Å². The average molecular weight is 280 g/mol. The monoisotopic (exact) mass is 280 g/mol. The first-order chi connectivity index (χ1) is 9.26. The van der Waals surface area contributed by atoms with E-state index in [1.54, 1.807) is 32.9 Å². The molecule has 0 unspecified atom stereocenters. The lowest BCUT2D eigenvalue weighted by Gasteiger charge is -2.19. The van der Waals surface area contributed by atoms with E-state index >= 15 is 0 Å². The maximum absolute atomic E-state index is 11.4. The van der Waals surface area contributed by atoms with Crippen LogP contribution in [0.3, 0.4) is 0 Å².